The van der Waals surface area contributed by atoms with Gasteiger partial charge in [-0.25, -0.2) is 4.39 Å². The second-order valence-corrected chi connectivity index (χ2v) is 4.53. The molecule has 2 rings (SSSR count). The summed E-state index contributed by atoms with van der Waals surface area (Å²) < 4.78 is 18.9. The fourth-order valence-electron chi connectivity index (χ4n) is 2.04. The first-order chi connectivity index (χ1) is 9.19. The van der Waals surface area contributed by atoms with E-state index in [-0.39, 0.29) is 24.1 Å². The average molecular weight is 262 g/mol. The molecule has 1 aromatic carbocycles. The molecule has 0 radical (unpaired) electrons. The SMILES string of the molecule is N#Cc1ccc(CNC(=O)CC2CCCO2)c(F)c1. The minimum Gasteiger partial charge on any atom is -0.378 e. The zero-order chi connectivity index (χ0) is 13.7. The van der Waals surface area contributed by atoms with Gasteiger partial charge in [0.2, 0.25) is 5.91 Å². The maximum Gasteiger partial charge on any atom is 0.222 e. The van der Waals surface area contributed by atoms with Crippen LogP contribution in [-0.4, -0.2) is 18.6 Å². The minimum absolute atomic E-state index is 0.00851. The summed E-state index contributed by atoms with van der Waals surface area (Å²) in [5.74, 6) is -0.618. The van der Waals surface area contributed by atoms with Gasteiger partial charge >= 0.3 is 0 Å². The summed E-state index contributed by atoms with van der Waals surface area (Å²) in [6.45, 7) is 0.839. The highest BCUT2D eigenvalue weighted by Gasteiger charge is 2.18. The minimum atomic E-state index is -0.475. The molecule has 1 aliphatic heterocycles. The molecule has 0 bridgehead atoms. The van der Waals surface area contributed by atoms with E-state index in [0.29, 0.717) is 18.6 Å². The molecule has 0 spiro atoms. The van der Waals surface area contributed by atoms with Gasteiger partial charge in [-0.2, -0.15) is 5.26 Å². The van der Waals surface area contributed by atoms with Crippen molar-refractivity contribution in [3.05, 3.63) is 35.1 Å². The second-order valence-electron chi connectivity index (χ2n) is 4.53. The van der Waals surface area contributed by atoms with Crippen molar-refractivity contribution in [3.8, 4) is 6.07 Å². The topological polar surface area (TPSA) is 62.1 Å². The van der Waals surface area contributed by atoms with E-state index in [1.54, 1.807) is 0 Å². The zero-order valence-electron chi connectivity index (χ0n) is 10.5. The lowest BCUT2D eigenvalue weighted by molar-refractivity contribution is -0.123. The molecule has 1 aliphatic rings. The van der Waals surface area contributed by atoms with Crippen LogP contribution in [0.5, 0.6) is 0 Å². The molecule has 0 aliphatic carbocycles. The summed E-state index contributed by atoms with van der Waals surface area (Å²) >= 11 is 0. The predicted molar refractivity (Wildman–Crippen MR) is 66.6 cm³/mol. The predicted octanol–water partition coefficient (Wildman–Crippen LogP) is 1.88. The number of benzene rings is 1. The van der Waals surface area contributed by atoms with Gasteiger partial charge in [-0.3, -0.25) is 4.79 Å². The molecule has 1 heterocycles. The van der Waals surface area contributed by atoms with Crippen LogP contribution >= 0.6 is 0 Å². The standard InChI is InChI=1S/C14H15FN2O2/c15-13-6-10(8-16)3-4-11(13)9-17-14(18)7-12-2-1-5-19-12/h3-4,6,12H,1-2,5,7,9H2,(H,17,18). The summed E-state index contributed by atoms with van der Waals surface area (Å²) in [5.41, 5.74) is 0.645. The molecular weight excluding hydrogens is 247 g/mol. The molecule has 1 atom stereocenters. The molecule has 1 unspecified atom stereocenters. The molecule has 1 saturated heterocycles. The van der Waals surface area contributed by atoms with Crippen molar-refractivity contribution in [1.29, 1.82) is 5.26 Å². The van der Waals surface area contributed by atoms with Crippen LogP contribution in [0, 0.1) is 17.1 Å². The van der Waals surface area contributed by atoms with Gasteiger partial charge in [0.15, 0.2) is 0 Å². The van der Waals surface area contributed by atoms with Crippen LogP contribution in [0.1, 0.15) is 30.4 Å². The average Bonchev–Trinajstić information content (AvgIpc) is 2.90. The maximum atomic E-state index is 13.6. The van der Waals surface area contributed by atoms with Gasteiger partial charge in [0.1, 0.15) is 5.82 Å². The first kappa shape index (κ1) is 13.5. The number of nitrogens with zero attached hydrogens (tertiary/aromatic N) is 1. The number of amides is 1. The summed E-state index contributed by atoms with van der Waals surface area (Å²) in [6, 6.07) is 6.08. The van der Waals surface area contributed by atoms with Gasteiger partial charge in [0.25, 0.3) is 0 Å². The number of rotatable bonds is 4. The molecule has 4 nitrogen and oxygen atoms in total. The molecule has 1 N–H and O–H groups in total. The first-order valence-electron chi connectivity index (χ1n) is 6.26. The van der Waals surface area contributed by atoms with Crippen molar-refractivity contribution in [3.63, 3.8) is 0 Å². The maximum absolute atomic E-state index is 13.6. The lowest BCUT2D eigenvalue weighted by Gasteiger charge is -2.10. The van der Waals surface area contributed by atoms with E-state index in [1.807, 2.05) is 6.07 Å². The zero-order valence-corrected chi connectivity index (χ0v) is 10.5. The fourth-order valence-corrected chi connectivity index (χ4v) is 2.04. The normalized spacial score (nSPS) is 18.0. The van der Waals surface area contributed by atoms with E-state index < -0.39 is 5.82 Å². The molecule has 1 fully saturated rings. The largest absolute Gasteiger partial charge is 0.378 e. The Balaban J connectivity index is 1.84. The number of ether oxygens (including phenoxy) is 1. The Kier molecular flexibility index (Phi) is 4.48. The van der Waals surface area contributed by atoms with E-state index in [0.717, 1.165) is 12.8 Å². The van der Waals surface area contributed by atoms with E-state index in [9.17, 15) is 9.18 Å². The molecule has 0 aromatic heterocycles. The molecule has 19 heavy (non-hydrogen) atoms. The smallest absolute Gasteiger partial charge is 0.222 e. The highest BCUT2D eigenvalue weighted by molar-refractivity contribution is 5.76. The highest BCUT2D eigenvalue weighted by atomic mass is 19.1. The number of hydrogen-bond donors (Lipinski definition) is 1. The van der Waals surface area contributed by atoms with E-state index in [4.69, 9.17) is 10.00 Å². The lowest BCUT2D eigenvalue weighted by Crippen LogP contribution is -2.27. The Bertz CT molecular complexity index is 505. The third-order valence-electron chi connectivity index (χ3n) is 3.10. The Hall–Kier alpha value is -1.93. The third kappa shape index (κ3) is 3.76. The number of halogens is 1. The molecule has 1 aromatic rings. The van der Waals surface area contributed by atoms with Crippen molar-refractivity contribution in [2.24, 2.45) is 0 Å². The van der Waals surface area contributed by atoms with Gasteiger partial charge in [0.05, 0.1) is 24.2 Å². The van der Waals surface area contributed by atoms with E-state index in [1.165, 1.54) is 18.2 Å². The Morgan fingerprint density at radius 3 is 3.05 bits per heavy atom. The van der Waals surface area contributed by atoms with Gasteiger partial charge in [0, 0.05) is 18.7 Å². The highest BCUT2D eigenvalue weighted by Crippen LogP contribution is 2.15. The Labute approximate surface area is 111 Å². The third-order valence-corrected chi connectivity index (χ3v) is 3.10. The summed E-state index contributed by atoms with van der Waals surface area (Å²) in [6.07, 6.45) is 2.20. The lowest BCUT2D eigenvalue weighted by atomic mass is 10.1. The Morgan fingerprint density at radius 1 is 1.58 bits per heavy atom. The quantitative estimate of drug-likeness (QED) is 0.901. The second kappa shape index (κ2) is 6.30. The number of carbonyl (C=O) groups excluding carboxylic acids is 1. The molecule has 0 saturated carbocycles. The van der Waals surface area contributed by atoms with E-state index in [2.05, 4.69) is 5.32 Å². The van der Waals surface area contributed by atoms with Crippen molar-refractivity contribution >= 4 is 5.91 Å². The van der Waals surface area contributed by atoms with Crippen LogP contribution < -0.4 is 5.32 Å². The van der Waals surface area contributed by atoms with Crippen molar-refractivity contribution < 1.29 is 13.9 Å². The molecular formula is C14H15FN2O2. The number of carbonyl (C=O) groups is 1. The summed E-state index contributed by atoms with van der Waals surface area (Å²) in [5, 5.41) is 11.3. The van der Waals surface area contributed by atoms with Crippen LogP contribution in [-0.2, 0) is 16.1 Å². The van der Waals surface area contributed by atoms with Crippen molar-refractivity contribution in [2.75, 3.05) is 6.61 Å². The molecule has 5 heteroatoms. The van der Waals surface area contributed by atoms with Crippen molar-refractivity contribution in [1.82, 2.24) is 5.32 Å². The Morgan fingerprint density at radius 2 is 2.42 bits per heavy atom. The van der Waals surface area contributed by atoms with Crippen LogP contribution in [0.3, 0.4) is 0 Å². The molecule has 100 valence electrons. The number of nitriles is 1. The van der Waals surface area contributed by atoms with Crippen LogP contribution in [0.15, 0.2) is 18.2 Å². The van der Waals surface area contributed by atoms with Gasteiger partial charge in [-0.15, -0.1) is 0 Å². The number of hydrogen-bond acceptors (Lipinski definition) is 3. The first-order valence-corrected chi connectivity index (χ1v) is 6.26. The van der Waals surface area contributed by atoms with Gasteiger partial charge in [-0.05, 0) is 25.0 Å². The van der Waals surface area contributed by atoms with E-state index >= 15 is 0 Å². The summed E-state index contributed by atoms with van der Waals surface area (Å²) in [7, 11) is 0. The monoisotopic (exact) mass is 262 g/mol. The van der Waals surface area contributed by atoms with Crippen LogP contribution in [0.25, 0.3) is 0 Å². The number of nitrogens with one attached hydrogen (secondary N) is 1. The van der Waals surface area contributed by atoms with Gasteiger partial charge in [-0.1, -0.05) is 6.07 Å². The fraction of sp³-hybridized carbons (Fsp3) is 0.429. The van der Waals surface area contributed by atoms with Crippen molar-refractivity contribution in [2.45, 2.75) is 31.9 Å². The summed E-state index contributed by atoms with van der Waals surface area (Å²) in [4.78, 5) is 11.6. The van der Waals surface area contributed by atoms with Gasteiger partial charge < -0.3 is 10.1 Å². The van der Waals surface area contributed by atoms with Crippen LogP contribution in [0.4, 0.5) is 4.39 Å². The molecule has 1 amide bonds. The van der Waals surface area contributed by atoms with Crippen LogP contribution in [0.2, 0.25) is 0 Å².